The highest BCUT2D eigenvalue weighted by Crippen LogP contribution is 1.94. The first kappa shape index (κ1) is 11.7. The van der Waals surface area contributed by atoms with Crippen molar-refractivity contribution < 1.29 is 19.8 Å². The van der Waals surface area contributed by atoms with Crippen LogP contribution in [-0.4, -0.2) is 31.7 Å². The van der Waals surface area contributed by atoms with Gasteiger partial charge in [0.15, 0.2) is 0 Å². The average Bonchev–Trinajstić information content (AvgIpc) is 2.14. The third-order valence-corrected chi connectivity index (χ3v) is 1.80. The van der Waals surface area contributed by atoms with Crippen molar-refractivity contribution in [3.63, 3.8) is 0 Å². The maximum Gasteiger partial charge on any atom is 0.352 e. The number of carboxylic acids is 2. The van der Waals surface area contributed by atoms with Gasteiger partial charge in [-0.05, 0) is 0 Å². The highest BCUT2D eigenvalue weighted by atomic mass is 16.4. The van der Waals surface area contributed by atoms with E-state index in [1.54, 1.807) is 0 Å². The molecule has 0 spiro atoms. The minimum absolute atomic E-state index is 0.313. The van der Waals surface area contributed by atoms with Crippen LogP contribution in [0.3, 0.4) is 0 Å². The third-order valence-electron chi connectivity index (χ3n) is 1.80. The van der Waals surface area contributed by atoms with E-state index in [0.29, 0.717) is 4.57 Å². The summed E-state index contributed by atoms with van der Waals surface area (Å²) in [5, 5.41) is 17.1. The molecule has 8 nitrogen and oxygen atoms in total. The molecule has 0 bridgehead atoms. The molecule has 0 unspecified atom stereocenters. The lowest BCUT2D eigenvalue weighted by molar-refractivity contribution is -0.137. The smallest absolute Gasteiger partial charge is 0.352 e. The summed E-state index contributed by atoms with van der Waals surface area (Å²) in [5.41, 5.74) is -2.31. The number of nitrogens with one attached hydrogen (secondary N) is 1. The predicted molar refractivity (Wildman–Crippen MR) is 50.5 cm³/mol. The Hall–Kier alpha value is -2.38. The summed E-state index contributed by atoms with van der Waals surface area (Å²) in [6.07, 6.45) is -0.410. The molecule has 1 rings (SSSR count). The molecule has 0 atom stereocenters. The molecule has 0 amide bonds. The summed E-state index contributed by atoms with van der Waals surface area (Å²) in [4.78, 5) is 44.9. The van der Waals surface area contributed by atoms with E-state index in [9.17, 15) is 19.2 Å². The van der Waals surface area contributed by atoms with E-state index in [2.05, 4.69) is 0 Å². The van der Waals surface area contributed by atoms with Gasteiger partial charge in [-0.1, -0.05) is 0 Å². The van der Waals surface area contributed by atoms with Crippen molar-refractivity contribution in [2.45, 2.75) is 13.0 Å². The summed E-state index contributed by atoms with van der Waals surface area (Å²) in [7, 11) is 0. The monoisotopic (exact) mass is 228 g/mol. The fourth-order valence-electron chi connectivity index (χ4n) is 1.13. The zero-order chi connectivity index (χ0) is 12.3. The molecule has 0 aliphatic heterocycles. The van der Waals surface area contributed by atoms with Crippen LogP contribution in [0.15, 0.2) is 15.7 Å². The number of carboxylic acid groups (broad SMARTS) is 2. The van der Waals surface area contributed by atoms with E-state index in [-0.39, 0.29) is 6.54 Å². The van der Waals surface area contributed by atoms with Gasteiger partial charge in [0.1, 0.15) is 5.69 Å². The van der Waals surface area contributed by atoms with Crippen LogP contribution in [0.2, 0.25) is 0 Å². The molecular formula is C8H8N2O6. The fourth-order valence-corrected chi connectivity index (χ4v) is 1.13. The molecule has 8 heteroatoms. The van der Waals surface area contributed by atoms with E-state index in [1.165, 1.54) is 0 Å². The number of aromatic carboxylic acids is 1. The van der Waals surface area contributed by atoms with Crippen LogP contribution in [-0.2, 0) is 11.3 Å². The highest BCUT2D eigenvalue weighted by Gasteiger charge is 2.13. The SMILES string of the molecule is O=C(O)CCn1c(C(=O)O)cc(=O)[nH]c1=O. The van der Waals surface area contributed by atoms with E-state index in [1.807, 2.05) is 4.98 Å². The van der Waals surface area contributed by atoms with Crippen LogP contribution in [0.5, 0.6) is 0 Å². The summed E-state index contributed by atoms with van der Waals surface area (Å²) in [6.45, 7) is -0.313. The van der Waals surface area contributed by atoms with Crippen molar-refractivity contribution >= 4 is 11.9 Å². The number of aliphatic carboxylic acids is 1. The molecule has 86 valence electrons. The van der Waals surface area contributed by atoms with Crippen molar-refractivity contribution in [3.05, 3.63) is 32.6 Å². The molecule has 0 saturated heterocycles. The number of rotatable bonds is 4. The molecule has 16 heavy (non-hydrogen) atoms. The standard InChI is InChI=1S/C8H8N2O6/c11-5-3-4(7(14)15)10(8(16)9-5)2-1-6(12)13/h3H,1-2H2,(H,12,13)(H,14,15)(H,9,11,16). The van der Waals surface area contributed by atoms with Crippen molar-refractivity contribution in [1.29, 1.82) is 0 Å². The topological polar surface area (TPSA) is 129 Å². The first-order valence-electron chi connectivity index (χ1n) is 4.21. The lowest BCUT2D eigenvalue weighted by Crippen LogP contribution is -2.34. The van der Waals surface area contributed by atoms with Gasteiger partial charge in [0, 0.05) is 12.6 Å². The Balaban J connectivity index is 3.25. The van der Waals surface area contributed by atoms with Gasteiger partial charge in [0.05, 0.1) is 6.42 Å². The summed E-state index contributed by atoms with van der Waals surface area (Å²) in [5.74, 6) is -2.64. The van der Waals surface area contributed by atoms with Gasteiger partial charge in [0.2, 0.25) is 0 Å². The quantitative estimate of drug-likeness (QED) is 0.587. The van der Waals surface area contributed by atoms with E-state index < -0.39 is 35.3 Å². The summed E-state index contributed by atoms with van der Waals surface area (Å²) in [6, 6.07) is 0.728. The van der Waals surface area contributed by atoms with Crippen LogP contribution >= 0.6 is 0 Å². The number of carbonyl (C=O) groups is 2. The molecule has 0 aliphatic rings. The zero-order valence-corrected chi connectivity index (χ0v) is 7.97. The van der Waals surface area contributed by atoms with Crippen LogP contribution in [0.25, 0.3) is 0 Å². The Kier molecular flexibility index (Phi) is 3.24. The molecular weight excluding hydrogens is 220 g/mol. The third kappa shape index (κ3) is 2.56. The first-order valence-corrected chi connectivity index (χ1v) is 4.21. The molecule has 0 radical (unpaired) electrons. The van der Waals surface area contributed by atoms with Gasteiger partial charge in [-0.3, -0.25) is 19.1 Å². The lowest BCUT2D eigenvalue weighted by atomic mass is 10.3. The number of hydrogen-bond acceptors (Lipinski definition) is 4. The Bertz CT molecular complexity index is 540. The molecule has 1 heterocycles. The van der Waals surface area contributed by atoms with Crippen LogP contribution in [0.1, 0.15) is 16.9 Å². The van der Waals surface area contributed by atoms with E-state index in [0.717, 1.165) is 6.07 Å². The van der Waals surface area contributed by atoms with Gasteiger partial charge in [0.25, 0.3) is 5.56 Å². The van der Waals surface area contributed by atoms with Crippen molar-refractivity contribution in [2.24, 2.45) is 0 Å². The van der Waals surface area contributed by atoms with E-state index in [4.69, 9.17) is 10.2 Å². The maximum atomic E-state index is 11.2. The highest BCUT2D eigenvalue weighted by molar-refractivity contribution is 5.85. The summed E-state index contributed by atoms with van der Waals surface area (Å²) < 4.78 is 0.692. The Labute approximate surface area is 87.8 Å². The Morgan fingerprint density at radius 2 is 1.94 bits per heavy atom. The van der Waals surface area contributed by atoms with E-state index >= 15 is 0 Å². The molecule has 0 saturated carbocycles. The van der Waals surface area contributed by atoms with Gasteiger partial charge in [-0.25, -0.2) is 9.59 Å². The molecule has 1 aromatic rings. The lowest BCUT2D eigenvalue weighted by Gasteiger charge is -2.06. The van der Waals surface area contributed by atoms with Crippen molar-refractivity contribution in [2.75, 3.05) is 0 Å². The number of hydrogen-bond donors (Lipinski definition) is 3. The Morgan fingerprint density at radius 1 is 1.31 bits per heavy atom. The normalized spacial score (nSPS) is 10.0. The van der Waals surface area contributed by atoms with Crippen LogP contribution < -0.4 is 11.2 Å². The molecule has 0 aromatic carbocycles. The fraction of sp³-hybridized carbons (Fsp3) is 0.250. The maximum absolute atomic E-state index is 11.2. The van der Waals surface area contributed by atoms with Crippen LogP contribution in [0, 0.1) is 0 Å². The van der Waals surface area contributed by atoms with Gasteiger partial charge in [-0.15, -0.1) is 0 Å². The zero-order valence-electron chi connectivity index (χ0n) is 7.97. The van der Waals surface area contributed by atoms with Crippen molar-refractivity contribution in [3.8, 4) is 0 Å². The van der Waals surface area contributed by atoms with Gasteiger partial charge >= 0.3 is 17.6 Å². The second-order valence-electron chi connectivity index (χ2n) is 2.92. The number of nitrogens with zero attached hydrogens (tertiary/aromatic N) is 1. The number of H-pyrrole nitrogens is 1. The second kappa shape index (κ2) is 4.43. The number of aromatic amines is 1. The molecule has 3 N–H and O–H groups in total. The van der Waals surface area contributed by atoms with Gasteiger partial charge in [-0.2, -0.15) is 0 Å². The average molecular weight is 228 g/mol. The largest absolute Gasteiger partial charge is 0.481 e. The molecule has 1 aromatic heterocycles. The minimum Gasteiger partial charge on any atom is -0.481 e. The minimum atomic E-state index is -1.46. The first-order chi connectivity index (χ1) is 7.41. The molecule has 0 fully saturated rings. The predicted octanol–water partition coefficient (Wildman–Crippen LogP) is -1.29. The Morgan fingerprint density at radius 3 is 2.44 bits per heavy atom. The molecule has 0 aliphatic carbocycles. The number of aromatic nitrogens is 2. The summed E-state index contributed by atoms with van der Waals surface area (Å²) >= 11 is 0. The van der Waals surface area contributed by atoms with Crippen LogP contribution in [0.4, 0.5) is 0 Å². The van der Waals surface area contributed by atoms with Gasteiger partial charge < -0.3 is 10.2 Å². The van der Waals surface area contributed by atoms with Crippen molar-refractivity contribution in [1.82, 2.24) is 9.55 Å². The second-order valence-corrected chi connectivity index (χ2v) is 2.92.